The van der Waals surface area contributed by atoms with E-state index in [1.807, 2.05) is 24.3 Å². The van der Waals surface area contributed by atoms with Crippen LogP contribution >= 0.6 is 0 Å². The third-order valence-corrected chi connectivity index (χ3v) is 1.96. The van der Waals surface area contributed by atoms with E-state index in [9.17, 15) is 4.79 Å². The second-order valence-electron chi connectivity index (χ2n) is 3.00. The van der Waals surface area contributed by atoms with E-state index in [0.29, 0.717) is 0 Å². The molecule has 1 aromatic carbocycles. The van der Waals surface area contributed by atoms with E-state index in [-0.39, 0.29) is 5.70 Å². The second-order valence-corrected chi connectivity index (χ2v) is 3.00. The first kappa shape index (κ1) is 10.3. The summed E-state index contributed by atoms with van der Waals surface area (Å²) in [6, 6.07) is 7.63. The number of nitrogens with two attached hydrogens (primary N) is 1. The van der Waals surface area contributed by atoms with Gasteiger partial charge in [-0.3, -0.25) is 0 Å². The van der Waals surface area contributed by atoms with Gasteiger partial charge in [-0.25, -0.2) is 4.79 Å². The quantitative estimate of drug-likeness (QED) is 0.714. The second kappa shape index (κ2) is 4.46. The van der Waals surface area contributed by atoms with Gasteiger partial charge < -0.3 is 10.8 Å². The number of aliphatic carboxylic acids is 1. The van der Waals surface area contributed by atoms with Crippen LogP contribution in [0.15, 0.2) is 30.0 Å². The first-order valence-electron chi connectivity index (χ1n) is 4.43. The molecule has 0 heterocycles. The fourth-order valence-electron chi connectivity index (χ4n) is 1.09. The summed E-state index contributed by atoms with van der Waals surface area (Å²) >= 11 is 0. The average molecular weight is 191 g/mol. The summed E-state index contributed by atoms with van der Waals surface area (Å²) in [6.45, 7) is 2.07. The molecule has 14 heavy (non-hydrogen) atoms. The number of carbonyl (C=O) groups is 1. The van der Waals surface area contributed by atoms with Crippen molar-refractivity contribution in [2.75, 3.05) is 0 Å². The Bertz CT molecular complexity index is 352. The zero-order valence-corrected chi connectivity index (χ0v) is 8.03. The summed E-state index contributed by atoms with van der Waals surface area (Å²) in [5, 5.41) is 8.55. The minimum Gasteiger partial charge on any atom is -0.477 e. The first-order valence-corrected chi connectivity index (χ1v) is 4.43. The average Bonchev–Trinajstić information content (AvgIpc) is 2.19. The van der Waals surface area contributed by atoms with Crippen molar-refractivity contribution >= 4 is 12.0 Å². The third-order valence-electron chi connectivity index (χ3n) is 1.96. The minimum atomic E-state index is -1.09. The van der Waals surface area contributed by atoms with Gasteiger partial charge in [0.1, 0.15) is 5.70 Å². The SMILES string of the molecule is CCc1ccc(/C=C(/N)C(=O)O)cc1. The van der Waals surface area contributed by atoms with Gasteiger partial charge in [0.2, 0.25) is 0 Å². The summed E-state index contributed by atoms with van der Waals surface area (Å²) in [5.74, 6) is -1.09. The van der Waals surface area contributed by atoms with Crippen molar-refractivity contribution < 1.29 is 9.90 Å². The molecule has 0 aliphatic rings. The highest BCUT2D eigenvalue weighted by molar-refractivity contribution is 5.90. The van der Waals surface area contributed by atoms with E-state index in [2.05, 4.69) is 6.92 Å². The molecule has 0 spiro atoms. The van der Waals surface area contributed by atoms with E-state index in [0.717, 1.165) is 12.0 Å². The number of hydrogen-bond donors (Lipinski definition) is 2. The summed E-state index contributed by atoms with van der Waals surface area (Å²) < 4.78 is 0. The molecule has 0 bridgehead atoms. The van der Waals surface area contributed by atoms with E-state index in [1.54, 1.807) is 0 Å². The smallest absolute Gasteiger partial charge is 0.351 e. The van der Waals surface area contributed by atoms with E-state index >= 15 is 0 Å². The predicted octanol–water partition coefficient (Wildman–Crippen LogP) is 1.63. The lowest BCUT2D eigenvalue weighted by Crippen LogP contribution is -2.09. The van der Waals surface area contributed by atoms with Crippen LogP contribution < -0.4 is 5.73 Å². The van der Waals surface area contributed by atoms with Crippen molar-refractivity contribution in [2.45, 2.75) is 13.3 Å². The molecule has 1 rings (SSSR count). The molecule has 0 fully saturated rings. The summed E-state index contributed by atoms with van der Waals surface area (Å²) in [6.07, 6.45) is 2.42. The number of rotatable bonds is 3. The molecule has 0 aliphatic heterocycles. The predicted molar refractivity (Wildman–Crippen MR) is 55.6 cm³/mol. The van der Waals surface area contributed by atoms with Gasteiger partial charge in [0, 0.05) is 0 Å². The lowest BCUT2D eigenvalue weighted by atomic mass is 10.1. The fraction of sp³-hybridized carbons (Fsp3) is 0.182. The molecule has 0 radical (unpaired) electrons. The van der Waals surface area contributed by atoms with Gasteiger partial charge >= 0.3 is 5.97 Å². The molecule has 0 aromatic heterocycles. The van der Waals surface area contributed by atoms with Gasteiger partial charge in [-0.05, 0) is 23.6 Å². The lowest BCUT2D eigenvalue weighted by molar-refractivity contribution is -0.132. The zero-order valence-electron chi connectivity index (χ0n) is 8.03. The van der Waals surface area contributed by atoms with Crippen LogP contribution in [-0.4, -0.2) is 11.1 Å². The highest BCUT2D eigenvalue weighted by Crippen LogP contribution is 2.07. The Morgan fingerprint density at radius 2 is 2.00 bits per heavy atom. The molecule has 3 nitrogen and oxygen atoms in total. The molecule has 0 amide bonds. The fourth-order valence-corrected chi connectivity index (χ4v) is 1.09. The molecule has 1 aromatic rings. The molecule has 3 N–H and O–H groups in total. The van der Waals surface area contributed by atoms with Crippen LogP contribution in [0, 0.1) is 0 Å². The van der Waals surface area contributed by atoms with Crippen LogP contribution in [0.5, 0.6) is 0 Å². The van der Waals surface area contributed by atoms with Gasteiger partial charge in [0.15, 0.2) is 0 Å². The number of carboxylic acids is 1. The number of carboxylic acid groups (broad SMARTS) is 1. The Morgan fingerprint density at radius 1 is 1.43 bits per heavy atom. The Kier molecular flexibility index (Phi) is 3.29. The standard InChI is InChI=1S/C11H13NO2/c1-2-8-3-5-9(6-4-8)7-10(12)11(13)14/h3-7H,2,12H2,1H3,(H,13,14)/b10-7+. The summed E-state index contributed by atoms with van der Waals surface area (Å²) in [7, 11) is 0. The molecule has 3 heteroatoms. The lowest BCUT2D eigenvalue weighted by Gasteiger charge is -1.98. The number of aryl methyl sites for hydroxylation is 1. The van der Waals surface area contributed by atoms with Gasteiger partial charge in [-0.15, -0.1) is 0 Å². The van der Waals surface area contributed by atoms with Crippen LogP contribution in [-0.2, 0) is 11.2 Å². The summed E-state index contributed by atoms with van der Waals surface area (Å²) in [4.78, 5) is 10.4. The molecular weight excluding hydrogens is 178 g/mol. The van der Waals surface area contributed by atoms with Crippen molar-refractivity contribution in [3.05, 3.63) is 41.1 Å². The van der Waals surface area contributed by atoms with Crippen LogP contribution in [0.25, 0.3) is 6.08 Å². The number of benzene rings is 1. The molecule has 0 aliphatic carbocycles. The van der Waals surface area contributed by atoms with Crippen LogP contribution in [0.2, 0.25) is 0 Å². The Balaban J connectivity index is 2.88. The highest BCUT2D eigenvalue weighted by atomic mass is 16.4. The normalized spacial score (nSPS) is 11.4. The maximum Gasteiger partial charge on any atom is 0.351 e. The van der Waals surface area contributed by atoms with E-state index in [4.69, 9.17) is 10.8 Å². The van der Waals surface area contributed by atoms with Crippen molar-refractivity contribution in [3.63, 3.8) is 0 Å². The topological polar surface area (TPSA) is 63.3 Å². The molecular formula is C11H13NO2. The van der Waals surface area contributed by atoms with Crippen LogP contribution in [0.4, 0.5) is 0 Å². The largest absolute Gasteiger partial charge is 0.477 e. The van der Waals surface area contributed by atoms with Crippen molar-refractivity contribution in [2.24, 2.45) is 5.73 Å². The van der Waals surface area contributed by atoms with E-state index < -0.39 is 5.97 Å². The maximum absolute atomic E-state index is 10.4. The third kappa shape index (κ3) is 2.62. The van der Waals surface area contributed by atoms with E-state index in [1.165, 1.54) is 11.6 Å². The molecule has 0 atom stereocenters. The van der Waals surface area contributed by atoms with Crippen LogP contribution in [0.3, 0.4) is 0 Å². The monoisotopic (exact) mass is 191 g/mol. The van der Waals surface area contributed by atoms with Crippen LogP contribution in [0.1, 0.15) is 18.1 Å². The zero-order chi connectivity index (χ0) is 10.6. The van der Waals surface area contributed by atoms with Crippen molar-refractivity contribution in [3.8, 4) is 0 Å². The molecule has 0 saturated heterocycles. The first-order chi connectivity index (χ1) is 6.63. The maximum atomic E-state index is 10.4. The molecule has 0 saturated carbocycles. The Labute approximate surface area is 82.9 Å². The highest BCUT2D eigenvalue weighted by Gasteiger charge is 2.00. The van der Waals surface area contributed by atoms with Gasteiger partial charge in [-0.1, -0.05) is 31.2 Å². The van der Waals surface area contributed by atoms with Crippen molar-refractivity contribution in [1.29, 1.82) is 0 Å². The molecule has 0 unspecified atom stereocenters. The van der Waals surface area contributed by atoms with Gasteiger partial charge in [-0.2, -0.15) is 0 Å². The summed E-state index contributed by atoms with van der Waals surface area (Å²) in [5.41, 5.74) is 7.16. The molecule has 74 valence electrons. The Hall–Kier alpha value is -1.77. The minimum absolute atomic E-state index is 0.144. The van der Waals surface area contributed by atoms with Crippen molar-refractivity contribution in [1.82, 2.24) is 0 Å². The van der Waals surface area contributed by atoms with Gasteiger partial charge in [0.25, 0.3) is 0 Å². The number of hydrogen-bond acceptors (Lipinski definition) is 2. The van der Waals surface area contributed by atoms with Gasteiger partial charge in [0.05, 0.1) is 0 Å². The Morgan fingerprint density at radius 3 is 2.43 bits per heavy atom.